The van der Waals surface area contributed by atoms with Gasteiger partial charge in [-0.2, -0.15) is 0 Å². The molecule has 0 fully saturated rings. The molecule has 1 N–H and O–H groups in total. The Hall–Kier alpha value is -2.68. The van der Waals surface area contributed by atoms with Gasteiger partial charge >= 0.3 is 0 Å². The Kier molecular flexibility index (Phi) is 5.94. The fraction of sp³-hybridized carbons (Fsp3) is 0.450. The summed E-state index contributed by atoms with van der Waals surface area (Å²) in [6.45, 7) is 0.914. The number of benzene rings is 1. The largest absolute Gasteiger partial charge is 0.497 e. The van der Waals surface area contributed by atoms with Gasteiger partial charge in [0.1, 0.15) is 22.6 Å². The topological polar surface area (TPSA) is 98.5 Å². The Morgan fingerprint density at radius 1 is 1.24 bits per heavy atom. The molecule has 4 rings (SSSR count). The van der Waals surface area contributed by atoms with Crippen LogP contribution in [0.2, 0.25) is 0 Å². The van der Waals surface area contributed by atoms with Crippen LogP contribution in [0.15, 0.2) is 29.3 Å². The van der Waals surface area contributed by atoms with Crippen LogP contribution in [0.1, 0.15) is 37.3 Å². The third-order valence-electron chi connectivity index (χ3n) is 5.03. The lowest BCUT2D eigenvalue weighted by molar-refractivity contribution is -0.121. The average Bonchev–Trinajstić information content (AvgIpc) is 3.15. The number of aliphatic imine (C=N–C) groups is 1. The second-order valence-electron chi connectivity index (χ2n) is 7.10. The molecule has 0 spiro atoms. The second-order valence-corrected chi connectivity index (χ2v) is 8.38. The van der Waals surface area contributed by atoms with E-state index < -0.39 is 5.25 Å². The number of carbonyl (C=O) groups excluding carboxylic acids is 2. The first kappa shape index (κ1) is 19.6. The molecule has 8 nitrogen and oxygen atoms in total. The molecule has 152 valence electrons. The van der Waals surface area contributed by atoms with Crippen molar-refractivity contribution in [1.29, 1.82) is 0 Å². The number of carbonyl (C=O) groups is 2. The van der Waals surface area contributed by atoms with Crippen LogP contribution < -0.4 is 10.1 Å². The molecule has 1 aromatic carbocycles. The third kappa shape index (κ3) is 4.67. The highest BCUT2D eigenvalue weighted by Gasteiger charge is 2.31. The van der Waals surface area contributed by atoms with Gasteiger partial charge in [-0.25, -0.2) is 4.99 Å². The van der Waals surface area contributed by atoms with E-state index in [9.17, 15) is 9.59 Å². The summed E-state index contributed by atoms with van der Waals surface area (Å²) in [5, 5.41) is 11.6. The molecule has 2 aromatic rings. The van der Waals surface area contributed by atoms with E-state index in [1.165, 1.54) is 18.2 Å². The van der Waals surface area contributed by atoms with Crippen LogP contribution in [0, 0.1) is 0 Å². The number of amides is 2. The summed E-state index contributed by atoms with van der Waals surface area (Å²) in [6.07, 6.45) is 4.96. The number of methoxy groups -OCH3 is 1. The molecule has 0 bridgehead atoms. The number of nitrogens with one attached hydrogen (secondary N) is 1. The second kappa shape index (κ2) is 8.77. The molecule has 0 saturated carbocycles. The zero-order valence-corrected chi connectivity index (χ0v) is 17.1. The molecule has 29 heavy (non-hydrogen) atoms. The van der Waals surface area contributed by atoms with E-state index >= 15 is 0 Å². The van der Waals surface area contributed by atoms with Crippen molar-refractivity contribution in [2.75, 3.05) is 12.4 Å². The van der Waals surface area contributed by atoms with Crippen LogP contribution in [0.4, 0.5) is 5.69 Å². The predicted molar refractivity (Wildman–Crippen MR) is 111 cm³/mol. The first-order valence-corrected chi connectivity index (χ1v) is 10.6. The molecular weight excluding hydrogens is 390 g/mol. The van der Waals surface area contributed by atoms with E-state index in [-0.39, 0.29) is 18.2 Å². The minimum Gasteiger partial charge on any atom is -0.497 e. The fourth-order valence-corrected chi connectivity index (χ4v) is 4.58. The molecular formula is C20H23N5O3S. The minimum atomic E-state index is -0.491. The van der Waals surface area contributed by atoms with E-state index in [0.29, 0.717) is 22.9 Å². The summed E-state index contributed by atoms with van der Waals surface area (Å²) in [4.78, 5) is 28.8. The number of nitrogens with zero attached hydrogens (tertiary/aromatic N) is 4. The average molecular weight is 414 g/mol. The van der Waals surface area contributed by atoms with Gasteiger partial charge in [-0.1, -0.05) is 18.2 Å². The first-order valence-electron chi connectivity index (χ1n) is 9.75. The summed E-state index contributed by atoms with van der Waals surface area (Å²) in [6, 6.07) is 7.07. The lowest BCUT2D eigenvalue weighted by Gasteiger charge is -2.09. The smallest absolute Gasteiger partial charge is 0.260 e. The van der Waals surface area contributed by atoms with E-state index in [1.807, 2.05) is 0 Å². The molecule has 2 amide bonds. The molecule has 2 aliphatic heterocycles. The minimum absolute atomic E-state index is 0.0838. The van der Waals surface area contributed by atoms with Crippen LogP contribution in [-0.2, 0) is 29.0 Å². The summed E-state index contributed by atoms with van der Waals surface area (Å²) in [5.74, 6) is 2.11. The van der Waals surface area contributed by atoms with Crippen LogP contribution in [0.3, 0.4) is 0 Å². The maximum atomic E-state index is 12.3. The van der Waals surface area contributed by atoms with Crippen molar-refractivity contribution in [1.82, 2.24) is 14.8 Å². The van der Waals surface area contributed by atoms with Crippen molar-refractivity contribution in [3.63, 3.8) is 0 Å². The Morgan fingerprint density at radius 3 is 2.86 bits per heavy atom. The van der Waals surface area contributed by atoms with Gasteiger partial charge in [0.05, 0.1) is 18.6 Å². The van der Waals surface area contributed by atoms with Gasteiger partial charge < -0.3 is 14.6 Å². The number of anilines is 1. The zero-order chi connectivity index (χ0) is 20.2. The number of hydrogen-bond donors (Lipinski definition) is 1. The molecule has 1 atom stereocenters. The molecule has 0 radical (unpaired) electrons. The molecule has 3 heterocycles. The summed E-state index contributed by atoms with van der Waals surface area (Å²) >= 11 is 1.36. The Bertz CT molecular complexity index is 938. The molecule has 2 aliphatic rings. The van der Waals surface area contributed by atoms with Crippen molar-refractivity contribution in [2.24, 2.45) is 4.99 Å². The van der Waals surface area contributed by atoms with Gasteiger partial charge in [-0.05, 0) is 37.1 Å². The maximum Gasteiger partial charge on any atom is 0.260 e. The van der Waals surface area contributed by atoms with Crippen LogP contribution in [-0.4, -0.2) is 44.0 Å². The quantitative estimate of drug-likeness (QED) is 0.782. The van der Waals surface area contributed by atoms with E-state index in [2.05, 4.69) is 25.1 Å². The summed E-state index contributed by atoms with van der Waals surface area (Å²) < 4.78 is 7.26. The van der Waals surface area contributed by atoms with E-state index in [1.54, 1.807) is 31.4 Å². The molecule has 0 unspecified atom stereocenters. The van der Waals surface area contributed by atoms with Crippen molar-refractivity contribution in [3.8, 4) is 5.75 Å². The first-order chi connectivity index (χ1) is 14.1. The lowest BCUT2D eigenvalue weighted by atomic mass is 10.2. The number of ether oxygens (including phenoxy) is 1. The normalized spacial score (nSPS) is 18.7. The fourth-order valence-electron chi connectivity index (χ4n) is 3.51. The zero-order valence-electron chi connectivity index (χ0n) is 16.3. The Labute approximate surface area is 173 Å². The van der Waals surface area contributed by atoms with Crippen molar-refractivity contribution in [2.45, 2.75) is 50.3 Å². The highest BCUT2D eigenvalue weighted by Crippen LogP contribution is 2.28. The highest BCUT2D eigenvalue weighted by molar-refractivity contribution is 8.15. The number of fused-ring (bicyclic) bond motifs is 1. The molecule has 9 heteroatoms. The predicted octanol–water partition coefficient (Wildman–Crippen LogP) is 2.62. The molecule has 0 aliphatic carbocycles. The number of hydrogen-bond acceptors (Lipinski definition) is 6. The van der Waals surface area contributed by atoms with E-state index in [0.717, 1.165) is 37.5 Å². The summed E-state index contributed by atoms with van der Waals surface area (Å²) in [7, 11) is 1.59. The molecule has 1 aromatic heterocycles. The Balaban J connectivity index is 1.33. The monoisotopic (exact) mass is 413 g/mol. The SMILES string of the molecule is COc1ccc(NC(=O)C[C@H]2SC(Cc3nnc4n3CCCCC4)=NC2=O)cc1. The van der Waals surface area contributed by atoms with Crippen molar-refractivity contribution >= 4 is 34.3 Å². The van der Waals surface area contributed by atoms with Crippen LogP contribution >= 0.6 is 11.8 Å². The van der Waals surface area contributed by atoms with Gasteiger partial charge in [-0.3, -0.25) is 9.59 Å². The standard InChI is InChI=1S/C20H23N5O3S/c1-28-14-8-6-13(7-9-14)21-18(26)11-15-20(27)22-19(29-15)12-17-24-23-16-5-3-2-4-10-25(16)17/h6-9,15H,2-5,10-12H2,1H3,(H,21,26)/t15-/m1/s1. The van der Waals surface area contributed by atoms with Crippen LogP contribution in [0.5, 0.6) is 5.75 Å². The van der Waals surface area contributed by atoms with Gasteiger partial charge in [0, 0.05) is 25.1 Å². The Morgan fingerprint density at radius 2 is 2.07 bits per heavy atom. The lowest BCUT2D eigenvalue weighted by Crippen LogP contribution is -2.21. The van der Waals surface area contributed by atoms with Crippen molar-refractivity contribution in [3.05, 3.63) is 35.9 Å². The maximum absolute atomic E-state index is 12.3. The van der Waals surface area contributed by atoms with Gasteiger partial charge in [-0.15, -0.1) is 10.2 Å². The van der Waals surface area contributed by atoms with Gasteiger partial charge in [0.25, 0.3) is 5.91 Å². The number of rotatable bonds is 6. The highest BCUT2D eigenvalue weighted by atomic mass is 32.2. The van der Waals surface area contributed by atoms with Gasteiger partial charge in [0.15, 0.2) is 0 Å². The summed E-state index contributed by atoms with van der Waals surface area (Å²) in [5.41, 5.74) is 0.665. The number of aryl methyl sites for hydroxylation is 1. The number of aromatic nitrogens is 3. The van der Waals surface area contributed by atoms with E-state index in [4.69, 9.17) is 4.74 Å². The third-order valence-corrected chi connectivity index (χ3v) is 6.19. The number of thioether (sulfide) groups is 1. The molecule has 0 saturated heterocycles. The van der Waals surface area contributed by atoms with Crippen LogP contribution in [0.25, 0.3) is 0 Å². The van der Waals surface area contributed by atoms with Gasteiger partial charge in [0.2, 0.25) is 5.91 Å². The van der Waals surface area contributed by atoms with Crippen molar-refractivity contribution < 1.29 is 14.3 Å².